The number of amides is 2. The summed E-state index contributed by atoms with van der Waals surface area (Å²) in [6, 6.07) is 0.198. The van der Waals surface area contributed by atoms with Crippen molar-refractivity contribution in [3.05, 3.63) is 0 Å². The number of rotatable bonds is 5. The van der Waals surface area contributed by atoms with Crippen LogP contribution in [0.1, 0.15) is 39.0 Å². The van der Waals surface area contributed by atoms with Crippen molar-refractivity contribution in [2.45, 2.75) is 51.1 Å². The lowest BCUT2D eigenvalue weighted by Gasteiger charge is -2.33. The predicted molar refractivity (Wildman–Crippen MR) is 90.9 cm³/mol. The molecular weight excluding hydrogens is 316 g/mol. The van der Waals surface area contributed by atoms with E-state index in [4.69, 9.17) is 0 Å². The molecule has 2 heterocycles. The Kier molecular flexibility index (Phi) is 6.67. The van der Waals surface area contributed by atoms with Crippen LogP contribution in [-0.4, -0.2) is 74.7 Å². The summed E-state index contributed by atoms with van der Waals surface area (Å²) < 4.78 is 24.4. The van der Waals surface area contributed by atoms with Crippen LogP contribution in [0.15, 0.2) is 0 Å². The summed E-state index contributed by atoms with van der Waals surface area (Å²) >= 11 is 0. The van der Waals surface area contributed by atoms with E-state index in [9.17, 15) is 13.2 Å². The maximum Gasteiger partial charge on any atom is 0.315 e. The number of piperidine rings is 2. The highest BCUT2D eigenvalue weighted by atomic mass is 32.2. The maximum absolute atomic E-state index is 12.1. The van der Waals surface area contributed by atoms with E-state index in [0.29, 0.717) is 25.9 Å². The van der Waals surface area contributed by atoms with Gasteiger partial charge in [-0.2, -0.15) is 0 Å². The lowest BCUT2D eigenvalue weighted by molar-refractivity contribution is 0.189. The van der Waals surface area contributed by atoms with Crippen molar-refractivity contribution in [1.29, 1.82) is 0 Å². The lowest BCUT2D eigenvalue weighted by atomic mass is 10.0. The third kappa shape index (κ3) is 5.93. The molecule has 0 unspecified atom stereocenters. The Morgan fingerprint density at radius 1 is 1.00 bits per heavy atom. The van der Waals surface area contributed by atoms with Crippen LogP contribution in [0, 0.1) is 0 Å². The Morgan fingerprint density at radius 2 is 1.48 bits per heavy atom. The summed E-state index contributed by atoms with van der Waals surface area (Å²) in [6.07, 6.45) is 5.76. The fraction of sp³-hybridized carbons (Fsp3) is 0.933. The zero-order valence-corrected chi connectivity index (χ0v) is 15.1. The number of hydrogen-bond acceptors (Lipinski definition) is 4. The SMILES string of the molecule is CCCN1CCC(NC(=O)NC2CCN(S(C)(=O)=O)CC2)CC1. The standard InChI is InChI=1S/C15H30N4O3S/c1-3-8-18-9-4-13(5-10-18)16-15(20)17-14-6-11-19(12-7-14)23(2,21)22/h13-14H,3-12H2,1-2H3,(H2,16,17,20). The minimum atomic E-state index is -3.11. The molecule has 7 nitrogen and oxygen atoms in total. The van der Waals surface area contributed by atoms with Gasteiger partial charge in [0.25, 0.3) is 0 Å². The van der Waals surface area contributed by atoms with Crippen molar-refractivity contribution in [3.63, 3.8) is 0 Å². The number of carbonyl (C=O) groups is 1. The summed E-state index contributed by atoms with van der Waals surface area (Å²) in [7, 11) is -3.11. The average Bonchev–Trinajstić information content (AvgIpc) is 2.49. The first-order valence-electron chi connectivity index (χ1n) is 8.63. The van der Waals surface area contributed by atoms with Crippen molar-refractivity contribution in [2.75, 3.05) is 39.0 Å². The van der Waals surface area contributed by atoms with Crippen LogP contribution in [-0.2, 0) is 10.0 Å². The van der Waals surface area contributed by atoms with Crippen molar-refractivity contribution in [2.24, 2.45) is 0 Å². The fourth-order valence-electron chi connectivity index (χ4n) is 3.36. The first-order chi connectivity index (χ1) is 10.9. The summed E-state index contributed by atoms with van der Waals surface area (Å²) in [4.78, 5) is 14.5. The Hall–Kier alpha value is -0.860. The fourth-order valence-corrected chi connectivity index (χ4v) is 4.24. The molecule has 0 bridgehead atoms. The number of hydrogen-bond donors (Lipinski definition) is 2. The van der Waals surface area contributed by atoms with Gasteiger partial charge in [-0.3, -0.25) is 0 Å². The van der Waals surface area contributed by atoms with E-state index in [-0.39, 0.29) is 18.1 Å². The molecule has 134 valence electrons. The third-order valence-corrected chi connectivity index (χ3v) is 6.02. The molecule has 0 spiro atoms. The summed E-state index contributed by atoms with van der Waals surface area (Å²) in [5.41, 5.74) is 0. The minimum absolute atomic E-state index is 0.0631. The maximum atomic E-state index is 12.1. The van der Waals surface area contributed by atoms with Crippen LogP contribution in [0.2, 0.25) is 0 Å². The molecule has 0 radical (unpaired) electrons. The van der Waals surface area contributed by atoms with Gasteiger partial charge in [0.2, 0.25) is 10.0 Å². The van der Waals surface area contributed by atoms with E-state index < -0.39 is 10.0 Å². The smallest absolute Gasteiger partial charge is 0.315 e. The third-order valence-electron chi connectivity index (χ3n) is 4.72. The van der Waals surface area contributed by atoms with Crippen LogP contribution >= 0.6 is 0 Å². The molecular formula is C15H30N4O3S. The van der Waals surface area contributed by atoms with Gasteiger partial charge in [0.1, 0.15) is 0 Å². The van der Waals surface area contributed by atoms with E-state index in [1.54, 1.807) is 0 Å². The molecule has 0 atom stereocenters. The molecule has 0 aromatic heterocycles. The second kappa shape index (κ2) is 8.30. The van der Waals surface area contributed by atoms with Crippen molar-refractivity contribution in [1.82, 2.24) is 19.8 Å². The van der Waals surface area contributed by atoms with E-state index in [2.05, 4.69) is 22.5 Å². The molecule has 0 saturated carbocycles. The molecule has 0 aliphatic carbocycles. The Bertz CT molecular complexity index is 481. The normalized spacial score (nSPS) is 22.9. The number of urea groups is 1. The summed E-state index contributed by atoms with van der Waals surface area (Å²) in [5, 5.41) is 6.05. The van der Waals surface area contributed by atoms with Crippen molar-refractivity contribution < 1.29 is 13.2 Å². The molecule has 2 N–H and O–H groups in total. The summed E-state index contributed by atoms with van der Waals surface area (Å²) in [5.74, 6) is 0. The number of sulfonamides is 1. The zero-order chi connectivity index (χ0) is 16.9. The van der Waals surface area contributed by atoms with Gasteiger partial charge >= 0.3 is 6.03 Å². The average molecular weight is 346 g/mol. The van der Waals surface area contributed by atoms with Crippen LogP contribution in [0.3, 0.4) is 0 Å². The Labute approximate surface area is 139 Å². The van der Waals surface area contributed by atoms with Gasteiger partial charge in [-0.1, -0.05) is 6.92 Å². The molecule has 2 aliphatic heterocycles. The summed E-state index contributed by atoms with van der Waals surface area (Å²) in [6.45, 7) is 6.39. The van der Waals surface area contributed by atoms with Crippen LogP contribution in [0.4, 0.5) is 4.79 Å². The highest BCUT2D eigenvalue weighted by Crippen LogP contribution is 2.14. The molecule has 0 aromatic carbocycles. The minimum Gasteiger partial charge on any atom is -0.335 e. The van der Waals surface area contributed by atoms with Crippen molar-refractivity contribution in [3.8, 4) is 0 Å². The molecule has 23 heavy (non-hydrogen) atoms. The van der Waals surface area contributed by atoms with E-state index in [1.807, 2.05) is 0 Å². The second-order valence-corrected chi connectivity index (χ2v) is 8.65. The van der Waals surface area contributed by atoms with E-state index >= 15 is 0 Å². The number of likely N-dealkylation sites (tertiary alicyclic amines) is 1. The zero-order valence-electron chi connectivity index (χ0n) is 14.3. The number of carbonyl (C=O) groups excluding carboxylic acids is 1. The lowest BCUT2D eigenvalue weighted by Crippen LogP contribution is -2.52. The molecule has 2 fully saturated rings. The van der Waals surface area contributed by atoms with Gasteiger partial charge in [0, 0.05) is 38.3 Å². The van der Waals surface area contributed by atoms with Gasteiger partial charge in [0.05, 0.1) is 6.26 Å². The Morgan fingerprint density at radius 3 is 1.91 bits per heavy atom. The number of nitrogens with zero attached hydrogens (tertiary/aromatic N) is 2. The monoisotopic (exact) mass is 346 g/mol. The highest BCUT2D eigenvalue weighted by molar-refractivity contribution is 7.88. The highest BCUT2D eigenvalue weighted by Gasteiger charge is 2.26. The predicted octanol–water partition coefficient (Wildman–Crippen LogP) is 0.584. The molecule has 2 amide bonds. The molecule has 2 saturated heterocycles. The largest absolute Gasteiger partial charge is 0.335 e. The van der Waals surface area contributed by atoms with Crippen LogP contribution in [0.25, 0.3) is 0 Å². The van der Waals surface area contributed by atoms with Crippen LogP contribution < -0.4 is 10.6 Å². The van der Waals surface area contributed by atoms with Crippen molar-refractivity contribution >= 4 is 16.1 Å². The van der Waals surface area contributed by atoms with E-state index in [1.165, 1.54) is 17.0 Å². The molecule has 0 aromatic rings. The second-order valence-electron chi connectivity index (χ2n) is 6.67. The van der Waals surface area contributed by atoms with Gasteiger partial charge in [-0.15, -0.1) is 0 Å². The first-order valence-corrected chi connectivity index (χ1v) is 10.5. The molecule has 2 aliphatic rings. The van der Waals surface area contributed by atoms with Gasteiger partial charge in [-0.05, 0) is 38.6 Å². The van der Waals surface area contributed by atoms with E-state index in [0.717, 1.165) is 32.5 Å². The molecule has 8 heteroatoms. The van der Waals surface area contributed by atoms with Crippen LogP contribution in [0.5, 0.6) is 0 Å². The first kappa shape index (κ1) is 18.5. The van der Waals surface area contributed by atoms with Gasteiger partial charge < -0.3 is 15.5 Å². The quantitative estimate of drug-likeness (QED) is 0.763. The molecule has 2 rings (SSSR count). The topological polar surface area (TPSA) is 81.8 Å². The Balaban J connectivity index is 1.66. The van der Waals surface area contributed by atoms with Gasteiger partial charge in [0.15, 0.2) is 0 Å². The van der Waals surface area contributed by atoms with Gasteiger partial charge in [-0.25, -0.2) is 17.5 Å². The number of nitrogens with one attached hydrogen (secondary N) is 2.